The molecule has 0 saturated heterocycles. The molecule has 4 heterocycles. The van der Waals surface area contributed by atoms with Gasteiger partial charge >= 0.3 is 0 Å². The summed E-state index contributed by atoms with van der Waals surface area (Å²) >= 11 is 0. The first-order valence-corrected chi connectivity index (χ1v) is 24.6. The second-order valence-electron chi connectivity index (χ2n) is 16.6. The average molecular weight is 1040 g/mol. The van der Waals surface area contributed by atoms with E-state index >= 15 is 4.39 Å². The van der Waals surface area contributed by atoms with Crippen LogP contribution in [0.3, 0.4) is 0 Å². The molecular formula is C57H43FIrN4OSi-2. The fraction of sp³-hybridized carbons (Fsp3) is 0.0702. The molecule has 0 atom stereocenters. The van der Waals surface area contributed by atoms with Crippen LogP contribution in [0.4, 0.5) is 4.39 Å². The summed E-state index contributed by atoms with van der Waals surface area (Å²) in [4.78, 5) is 14.2. The molecule has 5 nitrogen and oxygen atoms in total. The van der Waals surface area contributed by atoms with Crippen LogP contribution in [-0.2, 0) is 20.1 Å². The molecule has 0 N–H and O–H groups in total. The summed E-state index contributed by atoms with van der Waals surface area (Å²) < 4.78 is 47.6. The van der Waals surface area contributed by atoms with Crippen LogP contribution in [0.5, 0.6) is 0 Å². The average Bonchev–Trinajstić information content (AvgIpc) is 3.94. The number of aryl methyl sites for hydroxylation is 1. The van der Waals surface area contributed by atoms with Gasteiger partial charge in [0.2, 0.25) is 0 Å². The molecule has 4 aromatic heterocycles. The maximum absolute atomic E-state index is 16.1. The smallest absolute Gasteiger partial charge is 0.148 e. The number of nitrogens with zero attached hydrogens (tertiary/aromatic N) is 4. The van der Waals surface area contributed by atoms with Crippen molar-refractivity contribution in [1.29, 1.82) is 0 Å². The van der Waals surface area contributed by atoms with Gasteiger partial charge < -0.3 is 14.0 Å². The van der Waals surface area contributed by atoms with E-state index in [0.29, 0.717) is 39.3 Å². The molecule has 0 saturated carbocycles. The van der Waals surface area contributed by atoms with Crippen molar-refractivity contribution in [3.63, 3.8) is 0 Å². The molecule has 0 bridgehead atoms. The van der Waals surface area contributed by atoms with E-state index < -0.39 is 20.7 Å². The Labute approximate surface area is 396 Å². The number of hydrogen-bond acceptors (Lipinski definition) is 4. The first-order valence-electron chi connectivity index (χ1n) is 22.6. The molecule has 65 heavy (non-hydrogen) atoms. The zero-order chi connectivity index (χ0) is 46.3. The maximum atomic E-state index is 16.1. The van der Waals surface area contributed by atoms with Crippen LogP contribution in [0, 0.1) is 24.8 Å². The third kappa shape index (κ3) is 8.64. The van der Waals surface area contributed by atoms with Crippen molar-refractivity contribution >= 4 is 46.2 Å². The Morgan fingerprint density at radius 3 is 2.08 bits per heavy atom. The fourth-order valence-corrected chi connectivity index (χ4v) is 9.07. The summed E-state index contributed by atoms with van der Waals surface area (Å²) in [5, 5.41) is 3.05. The zero-order valence-electron chi connectivity index (χ0n) is 38.8. The monoisotopic (exact) mass is 1040 g/mol. The predicted molar refractivity (Wildman–Crippen MR) is 263 cm³/mol. The van der Waals surface area contributed by atoms with E-state index in [1.165, 1.54) is 11.3 Å². The molecule has 0 aliphatic carbocycles. The molecule has 0 unspecified atom stereocenters. The summed E-state index contributed by atoms with van der Waals surface area (Å²) in [6.07, 6.45) is 3.69. The van der Waals surface area contributed by atoms with Gasteiger partial charge in [0.1, 0.15) is 11.4 Å². The summed E-state index contributed by atoms with van der Waals surface area (Å²) in [5.74, 6) is 0.0843. The van der Waals surface area contributed by atoms with Gasteiger partial charge in [0.15, 0.2) is 0 Å². The first-order chi connectivity index (χ1) is 32.4. The Morgan fingerprint density at radius 1 is 0.631 bits per heavy atom. The van der Waals surface area contributed by atoms with Crippen molar-refractivity contribution in [2.45, 2.75) is 26.5 Å². The molecule has 0 spiro atoms. The molecule has 1 radical (unpaired) electrons. The van der Waals surface area contributed by atoms with Gasteiger partial charge in [-0.2, -0.15) is 0 Å². The van der Waals surface area contributed by atoms with Crippen molar-refractivity contribution in [2.75, 3.05) is 0 Å². The summed E-state index contributed by atoms with van der Waals surface area (Å²) in [5.41, 5.74) is 11.0. The molecule has 11 rings (SSSR count). The molecule has 0 aliphatic heterocycles. The number of para-hydroxylation sites is 1. The first kappa shape index (κ1) is 39.5. The van der Waals surface area contributed by atoms with Crippen LogP contribution in [0.25, 0.3) is 94.8 Å². The van der Waals surface area contributed by atoms with Crippen molar-refractivity contribution in [3.8, 4) is 61.8 Å². The van der Waals surface area contributed by atoms with Crippen LogP contribution in [-0.4, -0.2) is 27.6 Å². The van der Waals surface area contributed by atoms with E-state index in [9.17, 15) is 0 Å². The van der Waals surface area contributed by atoms with Gasteiger partial charge in [-0.15, -0.1) is 54.1 Å². The third-order valence-electron chi connectivity index (χ3n) is 11.4. The molecule has 11 aromatic rings. The van der Waals surface area contributed by atoms with Crippen LogP contribution in [0.15, 0.2) is 193 Å². The van der Waals surface area contributed by atoms with Crippen LogP contribution < -0.4 is 5.19 Å². The van der Waals surface area contributed by atoms with Crippen molar-refractivity contribution in [2.24, 2.45) is 0 Å². The second kappa shape index (κ2) is 18.2. The molecular weight excluding hydrogens is 996 g/mol. The topological polar surface area (TPSA) is 56.7 Å². The molecule has 0 aliphatic rings. The second-order valence-corrected chi connectivity index (χ2v) is 21.7. The van der Waals surface area contributed by atoms with Crippen molar-refractivity contribution in [1.82, 2.24) is 19.5 Å². The standard InChI is InChI=1S/C43H27FN3O.C14H16NSi.Ir/c1-27-18-20-30(21-19-27)38-25-35-33-14-8-15-34(42(33)48-40(35)26-45-38)43-46-37-17-9-16-36(44)41(37)47(43)39-24-31(28-10-4-2-5-11-28)22-23-32(39)29-12-6-3-7-13-29;1-16(2,3)13-9-10-14(15-11-13)12-7-5-4-6-8-12;/h2-14,16-26H,1H3;4-7,9-11H,1-3H3;/q2*-1;/i1D3;;. The van der Waals surface area contributed by atoms with Crippen LogP contribution in [0.1, 0.15) is 9.68 Å². The van der Waals surface area contributed by atoms with Gasteiger partial charge in [-0.1, -0.05) is 151 Å². The van der Waals surface area contributed by atoms with Gasteiger partial charge in [-0.05, 0) is 58.7 Å². The van der Waals surface area contributed by atoms with E-state index in [1.54, 1.807) is 36.5 Å². The Balaban J connectivity index is 0.000000289. The summed E-state index contributed by atoms with van der Waals surface area (Å²) in [6.45, 7) is 4.81. The molecule has 0 fully saturated rings. The molecule has 319 valence electrons. The Kier molecular flexibility index (Phi) is 11.0. The van der Waals surface area contributed by atoms with E-state index in [2.05, 4.69) is 84.2 Å². The van der Waals surface area contributed by atoms with E-state index in [1.807, 2.05) is 108 Å². The number of pyridine rings is 2. The normalized spacial score (nSPS) is 12.2. The van der Waals surface area contributed by atoms with Gasteiger partial charge in [0.05, 0.1) is 42.4 Å². The Hall–Kier alpha value is -7.09. The quantitative estimate of drug-likeness (QED) is 0.118. The van der Waals surface area contributed by atoms with Crippen molar-refractivity contribution in [3.05, 3.63) is 212 Å². The summed E-state index contributed by atoms with van der Waals surface area (Å²) in [7, 11) is -1.23. The number of fused-ring (bicyclic) bond motifs is 4. The Bertz CT molecular complexity index is 3540. The van der Waals surface area contributed by atoms with Gasteiger partial charge in [-0.3, -0.25) is 9.97 Å². The number of hydrogen-bond donors (Lipinski definition) is 0. The molecule has 7 aromatic carbocycles. The maximum Gasteiger partial charge on any atom is 0.148 e. The predicted octanol–water partition coefficient (Wildman–Crippen LogP) is 14.3. The number of aromatic nitrogens is 4. The minimum atomic E-state index is -2.19. The van der Waals surface area contributed by atoms with Crippen molar-refractivity contribution < 1.29 is 33.0 Å². The van der Waals surface area contributed by atoms with Crippen LogP contribution >= 0.6 is 0 Å². The zero-order valence-corrected chi connectivity index (χ0v) is 39.2. The largest absolute Gasteiger partial charge is 0.499 e. The Morgan fingerprint density at radius 2 is 1.37 bits per heavy atom. The van der Waals surface area contributed by atoms with E-state index in [0.717, 1.165) is 55.5 Å². The number of furan rings is 1. The molecule has 8 heteroatoms. The minimum absolute atomic E-state index is 0. The number of rotatable bonds is 7. The number of benzene rings is 7. The number of imidazole rings is 1. The van der Waals surface area contributed by atoms with Gasteiger partial charge in [-0.25, -0.2) is 4.39 Å². The van der Waals surface area contributed by atoms with E-state index in [-0.39, 0.29) is 25.7 Å². The van der Waals surface area contributed by atoms with Crippen LogP contribution in [0.2, 0.25) is 19.6 Å². The SMILES string of the molecule is C[Si](C)(C)c1ccc(-c2[c-]cccc2)nc1.[2H]C([2H])([2H])c1ccc(-c2cc3c(cn2)oc2c(-c4nc5cccc(F)c5n4-c4cc(-c5ccccc5)ccc4-c4ccccc4)[c-]ccc23)cc1.[Ir]. The fourth-order valence-electron chi connectivity index (χ4n) is 8.04. The molecule has 0 amide bonds. The number of halogens is 1. The van der Waals surface area contributed by atoms with Gasteiger partial charge in [0.25, 0.3) is 0 Å². The minimum Gasteiger partial charge on any atom is -0.499 e. The summed E-state index contributed by atoms with van der Waals surface area (Å²) in [6, 6.07) is 62.6. The van der Waals surface area contributed by atoms with Gasteiger partial charge in [0, 0.05) is 52.6 Å². The third-order valence-corrected chi connectivity index (χ3v) is 13.4. The van der Waals surface area contributed by atoms with E-state index in [4.69, 9.17) is 13.5 Å².